The van der Waals surface area contributed by atoms with Crippen molar-refractivity contribution in [1.82, 2.24) is 4.90 Å². The van der Waals surface area contributed by atoms with Gasteiger partial charge in [0.1, 0.15) is 0 Å². The largest absolute Gasteiger partial charge is 0.444 e. The Kier molecular flexibility index (Phi) is 5.43. The first kappa shape index (κ1) is 16.5. The van der Waals surface area contributed by atoms with Gasteiger partial charge >= 0.3 is 5.97 Å². The number of esters is 1. The molecule has 1 saturated heterocycles. The zero-order valence-corrected chi connectivity index (χ0v) is 14.1. The molecule has 0 spiro atoms. The Balaban J connectivity index is 1.74. The molecule has 1 aliphatic heterocycles. The van der Waals surface area contributed by atoms with E-state index < -0.39 is 12.1 Å². The number of carbonyl (C=O) groups is 2. The zero-order chi connectivity index (χ0) is 16.8. The summed E-state index contributed by atoms with van der Waals surface area (Å²) >= 11 is 1.54. The van der Waals surface area contributed by atoms with Crippen LogP contribution in [-0.2, 0) is 14.3 Å². The van der Waals surface area contributed by atoms with E-state index in [4.69, 9.17) is 4.74 Å². The third-order valence-electron chi connectivity index (χ3n) is 3.91. The van der Waals surface area contributed by atoms with Gasteiger partial charge < -0.3 is 9.64 Å². The molecule has 0 radical (unpaired) electrons. The second-order valence-electron chi connectivity index (χ2n) is 5.61. The summed E-state index contributed by atoms with van der Waals surface area (Å²) in [7, 11) is 0. The predicted molar refractivity (Wildman–Crippen MR) is 94.4 cm³/mol. The normalized spacial score (nSPS) is 15.6. The maximum atomic E-state index is 12.7. The van der Waals surface area contributed by atoms with Crippen LogP contribution in [-0.4, -0.2) is 29.9 Å². The van der Waals surface area contributed by atoms with E-state index in [9.17, 15) is 9.59 Å². The number of carbonyl (C=O) groups excluding carboxylic acids is 2. The molecule has 0 unspecified atom stereocenters. The zero-order valence-electron chi connectivity index (χ0n) is 13.3. The summed E-state index contributed by atoms with van der Waals surface area (Å²) < 4.78 is 5.50. The Bertz CT molecular complexity index is 703. The van der Waals surface area contributed by atoms with Gasteiger partial charge in [0.15, 0.2) is 0 Å². The highest BCUT2D eigenvalue weighted by molar-refractivity contribution is 7.10. The Labute approximate surface area is 145 Å². The summed E-state index contributed by atoms with van der Waals surface area (Å²) in [6.07, 6.45) is 4.19. The number of hydrogen-bond acceptors (Lipinski definition) is 4. The van der Waals surface area contributed by atoms with Crippen LogP contribution in [0.4, 0.5) is 0 Å². The molecule has 1 atom stereocenters. The van der Waals surface area contributed by atoms with Crippen molar-refractivity contribution >= 4 is 29.3 Å². The number of amides is 1. The van der Waals surface area contributed by atoms with Crippen LogP contribution in [0.1, 0.15) is 29.4 Å². The van der Waals surface area contributed by atoms with Gasteiger partial charge in [-0.2, -0.15) is 0 Å². The molecule has 0 bridgehead atoms. The number of benzene rings is 1. The van der Waals surface area contributed by atoms with Gasteiger partial charge in [0.05, 0.1) is 0 Å². The topological polar surface area (TPSA) is 46.6 Å². The van der Waals surface area contributed by atoms with Crippen molar-refractivity contribution < 1.29 is 14.3 Å². The van der Waals surface area contributed by atoms with Crippen molar-refractivity contribution in [2.75, 3.05) is 13.1 Å². The van der Waals surface area contributed by atoms with Crippen LogP contribution in [0.25, 0.3) is 6.08 Å². The van der Waals surface area contributed by atoms with Crippen LogP contribution in [0.15, 0.2) is 53.9 Å². The molecule has 2 aromatic rings. The number of ether oxygens (including phenoxy) is 1. The fourth-order valence-electron chi connectivity index (χ4n) is 2.68. The number of thiophene rings is 1. The van der Waals surface area contributed by atoms with Crippen molar-refractivity contribution in [3.63, 3.8) is 0 Å². The van der Waals surface area contributed by atoms with Crippen molar-refractivity contribution in [1.29, 1.82) is 0 Å². The van der Waals surface area contributed by atoms with Gasteiger partial charge in [-0.1, -0.05) is 36.4 Å². The van der Waals surface area contributed by atoms with Crippen molar-refractivity contribution in [2.24, 2.45) is 0 Å². The molecule has 5 heteroatoms. The fourth-order valence-corrected chi connectivity index (χ4v) is 3.30. The number of rotatable bonds is 5. The molecule has 0 N–H and O–H groups in total. The molecule has 24 heavy (non-hydrogen) atoms. The minimum absolute atomic E-state index is 0.142. The summed E-state index contributed by atoms with van der Waals surface area (Å²) in [6, 6.07) is 13.0. The lowest BCUT2D eigenvalue weighted by atomic mass is 10.1. The number of hydrogen-bond donors (Lipinski definition) is 0. The molecule has 3 rings (SSSR count). The molecule has 4 nitrogen and oxygen atoms in total. The smallest absolute Gasteiger partial charge is 0.331 e. The third kappa shape index (κ3) is 4.11. The fraction of sp³-hybridized carbons (Fsp3) is 0.263. The summed E-state index contributed by atoms with van der Waals surface area (Å²) in [5.41, 5.74) is 0.701. The lowest BCUT2D eigenvalue weighted by Gasteiger charge is -2.23. The lowest BCUT2D eigenvalue weighted by Crippen LogP contribution is -2.34. The summed E-state index contributed by atoms with van der Waals surface area (Å²) in [4.78, 5) is 27.6. The molecule has 1 aliphatic rings. The van der Waals surface area contributed by atoms with Gasteiger partial charge in [-0.3, -0.25) is 4.79 Å². The van der Waals surface area contributed by atoms with Gasteiger partial charge in [-0.25, -0.2) is 4.79 Å². The van der Waals surface area contributed by atoms with Crippen LogP contribution >= 0.6 is 11.3 Å². The quantitative estimate of drug-likeness (QED) is 0.616. The average molecular weight is 341 g/mol. The van der Waals surface area contributed by atoms with Crippen molar-refractivity contribution in [2.45, 2.75) is 18.9 Å². The van der Waals surface area contributed by atoms with Crippen LogP contribution in [0, 0.1) is 0 Å². The second kappa shape index (κ2) is 7.93. The van der Waals surface area contributed by atoms with E-state index in [1.54, 1.807) is 11.0 Å². The van der Waals surface area contributed by atoms with Crippen LogP contribution < -0.4 is 0 Å². The molecule has 1 fully saturated rings. The Morgan fingerprint density at radius 2 is 1.83 bits per heavy atom. The Morgan fingerprint density at radius 1 is 1.08 bits per heavy atom. The first-order valence-electron chi connectivity index (χ1n) is 8.00. The van der Waals surface area contributed by atoms with Gasteiger partial charge in [0.2, 0.25) is 6.10 Å². The Hall–Kier alpha value is -2.40. The highest BCUT2D eigenvalue weighted by Gasteiger charge is 2.30. The summed E-state index contributed by atoms with van der Waals surface area (Å²) in [6.45, 7) is 1.45. The van der Waals surface area contributed by atoms with E-state index in [1.807, 2.05) is 47.8 Å². The van der Waals surface area contributed by atoms with E-state index in [0.29, 0.717) is 5.56 Å². The second-order valence-corrected chi connectivity index (χ2v) is 6.59. The number of nitrogens with zero attached hydrogens (tertiary/aromatic N) is 1. The van der Waals surface area contributed by atoms with Crippen LogP contribution in [0.3, 0.4) is 0 Å². The maximum Gasteiger partial charge on any atom is 0.331 e. The van der Waals surface area contributed by atoms with Gasteiger partial charge in [0, 0.05) is 29.6 Å². The first-order valence-corrected chi connectivity index (χ1v) is 8.88. The number of likely N-dealkylation sites (tertiary alicyclic amines) is 1. The molecule has 1 aromatic carbocycles. The van der Waals surface area contributed by atoms with Gasteiger partial charge in [-0.05, 0) is 30.4 Å². The van der Waals surface area contributed by atoms with E-state index in [2.05, 4.69) is 0 Å². The third-order valence-corrected chi connectivity index (χ3v) is 4.74. The molecule has 0 saturated carbocycles. The van der Waals surface area contributed by atoms with E-state index in [1.165, 1.54) is 17.4 Å². The molecule has 124 valence electrons. The maximum absolute atomic E-state index is 12.7. The van der Waals surface area contributed by atoms with Crippen molar-refractivity contribution in [3.05, 3.63) is 64.4 Å². The Morgan fingerprint density at radius 3 is 2.50 bits per heavy atom. The minimum Gasteiger partial charge on any atom is -0.444 e. The van der Waals surface area contributed by atoms with E-state index in [-0.39, 0.29) is 5.91 Å². The van der Waals surface area contributed by atoms with Gasteiger partial charge in [-0.15, -0.1) is 11.3 Å². The molecule has 0 aliphatic carbocycles. The highest BCUT2D eigenvalue weighted by atomic mass is 32.1. The first-order chi connectivity index (χ1) is 11.7. The molecular weight excluding hydrogens is 322 g/mol. The molecule has 2 heterocycles. The van der Waals surface area contributed by atoms with E-state index in [0.717, 1.165) is 30.8 Å². The SMILES string of the molecule is O=C(/C=C/c1cccs1)O[C@H](C(=O)N1CCCC1)c1ccccc1. The summed E-state index contributed by atoms with van der Waals surface area (Å²) in [5.74, 6) is -0.652. The van der Waals surface area contributed by atoms with E-state index >= 15 is 0 Å². The molecule has 1 aromatic heterocycles. The van der Waals surface area contributed by atoms with Crippen molar-refractivity contribution in [3.8, 4) is 0 Å². The average Bonchev–Trinajstić information content (AvgIpc) is 3.31. The van der Waals surface area contributed by atoms with Crippen LogP contribution in [0.5, 0.6) is 0 Å². The molecular formula is C19H19NO3S. The monoisotopic (exact) mass is 341 g/mol. The summed E-state index contributed by atoms with van der Waals surface area (Å²) in [5, 5.41) is 1.94. The minimum atomic E-state index is -0.884. The molecule has 1 amide bonds. The lowest BCUT2D eigenvalue weighted by molar-refractivity contribution is -0.156. The van der Waals surface area contributed by atoms with Crippen LogP contribution in [0.2, 0.25) is 0 Å². The predicted octanol–water partition coefficient (Wildman–Crippen LogP) is 3.67. The highest BCUT2D eigenvalue weighted by Crippen LogP contribution is 2.23. The van der Waals surface area contributed by atoms with Gasteiger partial charge in [0.25, 0.3) is 5.91 Å². The standard InChI is InChI=1S/C19H19NO3S/c21-17(11-10-16-9-6-14-24-16)23-18(15-7-2-1-3-8-15)19(22)20-12-4-5-13-20/h1-3,6-11,14,18H,4-5,12-13H2/b11-10+/t18-/m0/s1.